The zero-order chi connectivity index (χ0) is 17.1. The molecule has 0 spiro atoms. The van der Waals surface area contributed by atoms with Gasteiger partial charge < -0.3 is 19.9 Å². The first kappa shape index (κ1) is 16.4. The van der Waals surface area contributed by atoms with Crippen molar-refractivity contribution in [2.45, 2.75) is 25.8 Å². The fraction of sp³-hybridized carbons (Fsp3) is 0.471. The summed E-state index contributed by atoms with van der Waals surface area (Å²) in [5.74, 6) is 1.40. The van der Waals surface area contributed by atoms with Crippen molar-refractivity contribution in [3.8, 4) is 17.2 Å². The normalized spacial score (nSPS) is 20.9. The number of ether oxygens (including phenoxy) is 1. The van der Waals surface area contributed by atoms with Gasteiger partial charge in [0.05, 0.1) is 7.11 Å². The molecule has 1 aliphatic rings. The van der Waals surface area contributed by atoms with Gasteiger partial charge in [0.15, 0.2) is 0 Å². The van der Waals surface area contributed by atoms with Gasteiger partial charge in [-0.3, -0.25) is 4.79 Å². The van der Waals surface area contributed by atoms with Crippen molar-refractivity contribution in [3.63, 3.8) is 0 Å². The van der Waals surface area contributed by atoms with E-state index in [4.69, 9.17) is 15.0 Å². The van der Waals surface area contributed by atoms with E-state index in [1.54, 1.807) is 18.1 Å². The number of rotatable bonds is 4. The van der Waals surface area contributed by atoms with Gasteiger partial charge in [0.25, 0.3) is 17.6 Å². The highest BCUT2D eigenvalue weighted by Crippen LogP contribution is 2.25. The van der Waals surface area contributed by atoms with E-state index in [0.29, 0.717) is 36.2 Å². The molecule has 1 aromatic carbocycles. The summed E-state index contributed by atoms with van der Waals surface area (Å²) in [5, 5.41) is 3.85. The lowest BCUT2D eigenvalue weighted by Crippen LogP contribution is -2.49. The predicted molar refractivity (Wildman–Crippen MR) is 88.6 cm³/mol. The van der Waals surface area contributed by atoms with Gasteiger partial charge in [-0.2, -0.15) is 4.98 Å². The first-order chi connectivity index (χ1) is 11.6. The van der Waals surface area contributed by atoms with E-state index in [2.05, 4.69) is 17.1 Å². The number of hydrogen-bond donors (Lipinski definition) is 1. The summed E-state index contributed by atoms with van der Waals surface area (Å²) in [6.45, 7) is 3.29. The number of methoxy groups -OCH3 is 1. The minimum absolute atomic E-state index is 0.0278. The Morgan fingerprint density at radius 1 is 1.50 bits per heavy atom. The van der Waals surface area contributed by atoms with Crippen molar-refractivity contribution in [2.75, 3.05) is 20.2 Å². The lowest BCUT2D eigenvalue weighted by Gasteiger charge is -2.37. The maximum absolute atomic E-state index is 12.7. The van der Waals surface area contributed by atoms with Crippen LogP contribution in [0.25, 0.3) is 11.5 Å². The molecule has 128 valence electrons. The van der Waals surface area contributed by atoms with Crippen LogP contribution in [-0.4, -0.2) is 47.2 Å². The second-order valence-electron chi connectivity index (χ2n) is 6.17. The molecule has 2 N–H and O–H groups in total. The molecular formula is C17H22N4O3. The minimum atomic E-state index is -0.227. The molecule has 1 amide bonds. The molecule has 2 aromatic rings. The number of aromatic nitrogens is 2. The lowest BCUT2D eigenvalue weighted by molar-refractivity contribution is 0.0558. The quantitative estimate of drug-likeness (QED) is 0.920. The molecule has 2 unspecified atom stereocenters. The Morgan fingerprint density at radius 2 is 2.33 bits per heavy atom. The second-order valence-corrected chi connectivity index (χ2v) is 6.17. The average Bonchev–Trinajstić information content (AvgIpc) is 3.11. The van der Waals surface area contributed by atoms with Crippen LogP contribution < -0.4 is 10.5 Å². The van der Waals surface area contributed by atoms with Gasteiger partial charge >= 0.3 is 0 Å². The predicted octanol–water partition coefficient (Wildman–Crippen LogP) is 1.94. The number of carbonyl (C=O) groups is 1. The summed E-state index contributed by atoms with van der Waals surface area (Å²) in [6.07, 6.45) is 1.87. The number of hydrogen-bond acceptors (Lipinski definition) is 6. The fourth-order valence-corrected chi connectivity index (χ4v) is 3.05. The van der Waals surface area contributed by atoms with E-state index in [-0.39, 0.29) is 17.8 Å². The largest absolute Gasteiger partial charge is 0.497 e. The highest BCUT2D eigenvalue weighted by Gasteiger charge is 2.32. The number of carbonyl (C=O) groups excluding carboxylic acids is 1. The molecule has 24 heavy (non-hydrogen) atoms. The van der Waals surface area contributed by atoms with Crippen LogP contribution >= 0.6 is 0 Å². The molecule has 0 aliphatic carbocycles. The number of likely N-dealkylation sites (tertiary alicyclic amines) is 1. The molecule has 7 heteroatoms. The van der Waals surface area contributed by atoms with Gasteiger partial charge in [0, 0.05) is 24.7 Å². The molecule has 0 bridgehead atoms. The van der Waals surface area contributed by atoms with Crippen molar-refractivity contribution in [3.05, 3.63) is 30.1 Å². The monoisotopic (exact) mass is 330 g/mol. The van der Waals surface area contributed by atoms with Crippen LogP contribution in [0.3, 0.4) is 0 Å². The Morgan fingerprint density at radius 3 is 3.08 bits per heavy atom. The molecule has 0 radical (unpaired) electrons. The van der Waals surface area contributed by atoms with E-state index in [0.717, 1.165) is 12.8 Å². The maximum atomic E-state index is 12.7. The van der Waals surface area contributed by atoms with Gasteiger partial charge in [-0.15, -0.1) is 0 Å². The van der Waals surface area contributed by atoms with Gasteiger partial charge in [0.2, 0.25) is 0 Å². The van der Waals surface area contributed by atoms with Gasteiger partial charge in [-0.25, -0.2) is 0 Å². The number of nitrogens with zero attached hydrogens (tertiary/aromatic N) is 3. The van der Waals surface area contributed by atoms with E-state index >= 15 is 0 Å². The van der Waals surface area contributed by atoms with Gasteiger partial charge in [-0.1, -0.05) is 18.1 Å². The van der Waals surface area contributed by atoms with Crippen LogP contribution in [0.1, 0.15) is 30.4 Å². The summed E-state index contributed by atoms with van der Waals surface area (Å²) in [5.41, 5.74) is 6.54. The van der Waals surface area contributed by atoms with E-state index in [1.807, 2.05) is 18.2 Å². The topological polar surface area (TPSA) is 94.5 Å². The Hall–Kier alpha value is -2.41. The van der Waals surface area contributed by atoms with Gasteiger partial charge in [0.1, 0.15) is 5.75 Å². The SMILES string of the molecule is COc1cccc(-c2nc(C(=O)N3CCC(C)CC3CN)no2)c1. The van der Waals surface area contributed by atoms with Crippen LogP contribution in [0.2, 0.25) is 0 Å². The zero-order valence-electron chi connectivity index (χ0n) is 13.9. The summed E-state index contributed by atoms with van der Waals surface area (Å²) in [7, 11) is 1.59. The third-order valence-electron chi connectivity index (χ3n) is 4.44. The molecule has 1 saturated heterocycles. The summed E-state index contributed by atoms with van der Waals surface area (Å²) < 4.78 is 10.4. The molecular weight excluding hydrogens is 308 g/mol. The van der Waals surface area contributed by atoms with Crippen LogP contribution in [0.5, 0.6) is 5.75 Å². The smallest absolute Gasteiger partial charge is 0.295 e. The summed E-state index contributed by atoms with van der Waals surface area (Å²) >= 11 is 0. The van der Waals surface area contributed by atoms with Crippen molar-refractivity contribution >= 4 is 5.91 Å². The Labute approximate surface area is 140 Å². The molecule has 7 nitrogen and oxygen atoms in total. The Balaban J connectivity index is 1.80. The third-order valence-corrected chi connectivity index (χ3v) is 4.44. The van der Waals surface area contributed by atoms with Crippen LogP contribution in [0.15, 0.2) is 28.8 Å². The molecule has 0 saturated carbocycles. The Bertz CT molecular complexity index is 715. The summed E-state index contributed by atoms with van der Waals surface area (Å²) in [4.78, 5) is 18.7. The van der Waals surface area contributed by atoms with Gasteiger partial charge in [-0.05, 0) is 37.0 Å². The molecule has 3 rings (SSSR count). The summed E-state index contributed by atoms with van der Waals surface area (Å²) in [6, 6.07) is 7.30. The van der Waals surface area contributed by atoms with Crippen LogP contribution in [-0.2, 0) is 0 Å². The molecule has 1 aromatic heterocycles. The van der Waals surface area contributed by atoms with Crippen molar-refractivity contribution < 1.29 is 14.1 Å². The first-order valence-electron chi connectivity index (χ1n) is 8.11. The van der Waals surface area contributed by atoms with E-state index in [9.17, 15) is 4.79 Å². The third kappa shape index (κ3) is 3.26. The first-order valence-corrected chi connectivity index (χ1v) is 8.11. The van der Waals surface area contributed by atoms with E-state index in [1.165, 1.54) is 0 Å². The van der Waals surface area contributed by atoms with Crippen LogP contribution in [0, 0.1) is 5.92 Å². The molecule has 2 atom stereocenters. The highest BCUT2D eigenvalue weighted by atomic mass is 16.5. The Kier molecular flexibility index (Phi) is 4.80. The zero-order valence-corrected chi connectivity index (χ0v) is 13.9. The maximum Gasteiger partial charge on any atom is 0.295 e. The standard InChI is InChI=1S/C17H22N4O3/c1-11-6-7-21(13(8-11)10-18)17(22)15-19-16(24-20-15)12-4-3-5-14(9-12)23-2/h3-5,9,11,13H,6-8,10,18H2,1-2H3. The highest BCUT2D eigenvalue weighted by molar-refractivity contribution is 5.91. The number of amides is 1. The number of benzene rings is 1. The average molecular weight is 330 g/mol. The fourth-order valence-electron chi connectivity index (χ4n) is 3.05. The van der Waals surface area contributed by atoms with Crippen molar-refractivity contribution in [1.82, 2.24) is 15.0 Å². The minimum Gasteiger partial charge on any atom is -0.497 e. The number of nitrogens with two attached hydrogens (primary N) is 1. The van der Waals surface area contributed by atoms with Crippen LogP contribution in [0.4, 0.5) is 0 Å². The van der Waals surface area contributed by atoms with Crippen molar-refractivity contribution in [1.29, 1.82) is 0 Å². The second kappa shape index (κ2) is 7.00. The lowest BCUT2D eigenvalue weighted by atomic mass is 9.92. The van der Waals surface area contributed by atoms with E-state index < -0.39 is 0 Å². The molecule has 1 fully saturated rings. The van der Waals surface area contributed by atoms with Crippen molar-refractivity contribution in [2.24, 2.45) is 11.7 Å². The molecule has 1 aliphatic heterocycles. The molecule has 2 heterocycles. The number of piperidine rings is 1.